The first-order valence-electron chi connectivity index (χ1n) is 8.12. The number of carbonyl (C=O) groups excluding carboxylic acids is 1. The van der Waals surface area contributed by atoms with Crippen LogP contribution in [0, 0.1) is 0 Å². The molecular weight excluding hydrogens is 292 g/mol. The van der Waals surface area contributed by atoms with Crippen molar-refractivity contribution in [2.45, 2.75) is 44.7 Å². The molecule has 1 aliphatic carbocycles. The van der Waals surface area contributed by atoms with Gasteiger partial charge in [-0.3, -0.25) is 9.36 Å². The molecule has 1 fully saturated rings. The maximum absolute atomic E-state index is 12.7. The lowest BCUT2D eigenvalue weighted by Crippen LogP contribution is -2.57. The summed E-state index contributed by atoms with van der Waals surface area (Å²) in [6, 6.07) is 0.269. The summed E-state index contributed by atoms with van der Waals surface area (Å²) in [7, 11) is 1.81. The van der Waals surface area contributed by atoms with Crippen LogP contribution in [0.1, 0.15) is 32.6 Å². The molecule has 2 aromatic rings. The van der Waals surface area contributed by atoms with Gasteiger partial charge in [0, 0.05) is 25.5 Å². The SMILES string of the molecule is CCC1C(=O)N(C)c2cnc(-n3ccnc3)nc2N1C1CCC1. The van der Waals surface area contributed by atoms with Crippen molar-refractivity contribution in [3.8, 4) is 5.95 Å². The van der Waals surface area contributed by atoms with E-state index in [1.54, 1.807) is 28.2 Å². The number of rotatable bonds is 3. The van der Waals surface area contributed by atoms with E-state index >= 15 is 0 Å². The van der Waals surface area contributed by atoms with Crippen molar-refractivity contribution in [3.63, 3.8) is 0 Å². The summed E-state index contributed by atoms with van der Waals surface area (Å²) in [4.78, 5) is 29.8. The molecule has 120 valence electrons. The summed E-state index contributed by atoms with van der Waals surface area (Å²) >= 11 is 0. The maximum Gasteiger partial charge on any atom is 0.249 e. The third-order valence-electron chi connectivity index (χ3n) is 4.88. The molecule has 0 radical (unpaired) electrons. The van der Waals surface area contributed by atoms with Gasteiger partial charge in [-0.1, -0.05) is 6.92 Å². The summed E-state index contributed by atoms with van der Waals surface area (Å²) in [5, 5.41) is 0. The zero-order valence-corrected chi connectivity index (χ0v) is 13.4. The third kappa shape index (κ3) is 2.10. The van der Waals surface area contributed by atoms with Crippen molar-refractivity contribution in [1.82, 2.24) is 19.5 Å². The highest BCUT2D eigenvalue weighted by molar-refractivity contribution is 6.04. The Morgan fingerprint density at radius 3 is 2.78 bits per heavy atom. The van der Waals surface area contributed by atoms with Crippen LogP contribution in [0.4, 0.5) is 11.5 Å². The number of imidazole rings is 1. The Hall–Kier alpha value is -2.44. The fraction of sp³-hybridized carbons (Fsp3) is 0.500. The first-order valence-corrected chi connectivity index (χ1v) is 8.12. The van der Waals surface area contributed by atoms with Crippen molar-refractivity contribution in [2.24, 2.45) is 0 Å². The molecule has 1 aliphatic heterocycles. The third-order valence-corrected chi connectivity index (χ3v) is 4.88. The molecule has 23 heavy (non-hydrogen) atoms. The number of fused-ring (bicyclic) bond motifs is 1. The van der Waals surface area contributed by atoms with Crippen LogP contribution in [0.25, 0.3) is 5.95 Å². The first kappa shape index (κ1) is 14.2. The van der Waals surface area contributed by atoms with Crippen molar-refractivity contribution in [3.05, 3.63) is 24.9 Å². The number of nitrogens with zero attached hydrogens (tertiary/aromatic N) is 6. The van der Waals surface area contributed by atoms with E-state index in [-0.39, 0.29) is 11.9 Å². The molecule has 1 unspecified atom stereocenters. The molecule has 2 aromatic heterocycles. The van der Waals surface area contributed by atoms with Gasteiger partial charge in [-0.2, -0.15) is 4.98 Å². The van der Waals surface area contributed by atoms with E-state index in [1.807, 2.05) is 13.2 Å². The van der Waals surface area contributed by atoms with Gasteiger partial charge in [-0.05, 0) is 25.7 Å². The Bertz CT molecular complexity index is 724. The second-order valence-corrected chi connectivity index (χ2v) is 6.16. The van der Waals surface area contributed by atoms with Crippen LogP contribution >= 0.6 is 0 Å². The quantitative estimate of drug-likeness (QED) is 0.864. The number of hydrogen-bond acceptors (Lipinski definition) is 5. The average Bonchev–Trinajstić information content (AvgIpc) is 3.05. The van der Waals surface area contributed by atoms with E-state index in [1.165, 1.54) is 6.42 Å². The number of aromatic nitrogens is 4. The molecule has 2 aliphatic rings. The monoisotopic (exact) mass is 312 g/mol. The minimum atomic E-state index is -0.136. The van der Waals surface area contributed by atoms with Crippen molar-refractivity contribution in [2.75, 3.05) is 16.8 Å². The van der Waals surface area contributed by atoms with E-state index in [0.29, 0.717) is 12.0 Å². The molecule has 0 aromatic carbocycles. The summed E-state index contributed by atoms with van der Waals surface area (Å²) in [5.74, 6) is 1.58. The van der Waals surface area contributed by atoms with Crippen LogP contribution in [-0.2, 0) is 4.79 Å². The second-order valence-electron chi connectivity index (χ2n) is 6.16. The Kier molecular flexibility index (Phi) is 3.28. The van der Waals surface area contributed by atoms with Crippen LogP contribution in [0.5, 0.6) is 0 Å². The lowest BCUT2D eigenvalue weighted by Gasteiger charge is -2.47. The number of likely N-dealkylation sites (N-methyl/N-ethyl adjacent to an activating group) is 1. The maximum atomic E-state index is 12.7. The second kappa shape index (κ2) is 5.33. The lowest BCUT2D eigenvalue weighted by molar-refractivity contribution is -0.120. The Morgan fingerprint density at radius 1 is 1.35 bits per heavy atom. The van der Waals surface area contributed by atoms with Crippen molar-refractivity contribution in [1.29, 1.82) is 0 Å². The summed E-state index contributed by atoms with van der Waals surface area (Å²) in [5.41, 5.74) is 0.787. The van der Waals surface area contributed by atoms with E-state index in [2.05, 4.69) is 21.8 Å². The molecule has 0 bridgehead atoms. The number of hydrogen-bond donors (Lipinski definition) is 0. The fourth-order valence-electron chi connectivity index (χ4n) is 3.36. The largest absolute Gasteiger partial charge is 0.340 e. The first-order chi connectivity index (χ1) is 11.2. The molecule has 3 heterocycles. The highest BCUT2D eigenvalue weighted by atomic mass is 16.2. The summed E-state index contributed by atoms with van der Waals surface area (Å²) in [6.45, 7) is 2.06. The minimum Gasteiger partial charge on any atom is -0.340 e. The van der Waals surface area contributed by atoms with Gasteiger partial charge in [0.15, 0.2) is 5.82 Å². The number of anilines is 2. The minimum absolute atomic E-state index is 0.130. The zero-order chi connectivity index (χ0) is 16.0. The van der Waals surface area contributed by atoms with Gasteiger partial charge in [0.05, 0.1) is 6.20 Å². The molecular formula is C16H20N6O. The van der Waals surface area contributed by atoms with Gasteiger partial charge in [0.1, 0.15) is 18.1 Å². The van der Waals surface area contributed by atoms with E-state index < -0.39 is 0 Å². The smallest absolute Gasteiger partial charge is 0.249 e. The summed E-state index contributed by atoms with van der Waals surface area (Å²) < 4.78 is 1.79. The highest BCUT2D eigenvalue weighted by Gasteiger charge is 2.42. The van der Waals surface area contributed by atoms with Crippen LogP contribution in [-0.4, -0.2) is 44.6 Å². The van der Waals surface area contributed by atoms with Gasteiger partial charge in [-0.25, -0.2) is 9.97 Å². The normalized spacial score (nSPS) is 21.3. The van der Waals surface area contributed by atoms with Gasteiger partial charge >= 0.3 is 0 Å². The van der Waals surface area contributed by atoms with Crippen molar-refractivity contribution >= 4 is 17.4 Å². The van der Waals surface area contributed by atoms with Crippen LogP contribution in [0.3, 0.4) is 0 Å². The predicted octanol–water partition coefficient (Wildman–Crippen LogP) is 1.78. The number of carbonyl (C=O) groups is 1. The predicted molar refractivity (Wildman–Crippen MR) is 86.8 cm³/mol. The Labute approximate surface area is 135 Å². The Balaban J connectivity index is 1.84. The van der Waals surface area contributed by atoms with Gasteiger partial charge in [0.2, 0.25) is 11.9 Å². The van der Waals surface area contributed by atoms with Crippen LogP contribution < -0.4 is 9.80 Å². The average molecular weight is 312 g/mol. The van der Waals surface area contributed by atoms with E-state index in [4.69, 9.17) is 4.98 Å². The standard InChI is InChI=1S/C16H20N6O/c1-3-12-15(23)20(2)13-9-18-16(21-8-7-17-10-21)19-14(13)22(12)11-5-4-6-11/h7-12H,3-6H2,1-2H3. The highest BCUT2D eigenvalue weighted by Crippen LogP contribution is 2.40. The van der Waals surface area contributed by atoms with Gasteiger partial charge in [-0.15, -0.1) is 0 Å². The van der Waals surface area contributed by atoms with Crippen molar-refractivity contribution < 1.29 is 4.79 Å². The molecule has 1 saturated carbocycles. The molecule has 1 amide bonds. The molecule has 7 nitrogen and oxygen atoms in total. The fourth-order valence-corrected chi connectivity index (χ4v) is 3.36. The van der Waals surface area contributed by atoms with E-state index in [0.717, 1.165) is 30.8 Å². The summed E-state index contributed by atoms with van der Waals surface area (Å²) in [6.07, 6.45) is 11.2. The topological polar surface area (TPSA) is 67.2 Å². The molecule has 7 heteroatoms. The lowest BCUT2D eigenvalue weighted by atomic mass is 9.88. The molecule has 0 N–H and O–H groups in total. The van der Waals surface area contributed by atoms with Crippen LogP contribution in [0.2, 0.25) is 0 Å². The van der Waals surface area contributed by atoms with Crippen LogP contribution in [0.15, 0.2) is 24.9 Å². The number of amides is 1. The molecule has 0 spiro atoms. The Morgan fingerprint density at radius 2 is 2.17 bits per heavy atom. The zero-order valence-electron chi connectivity index (χ0n) is 13.4. The van der Waals surface area contributed by atoms with Gasteiger partial charge in [0.25, 0.3) is 0 Å². The molecule has 0 saturated heterocycles. The molecule has 4 rings (SSSR count). The van der Waals surface area contributed by atoms with E-state index in [9.17, 15) is 4.79 Å². The van der Waals surface area contributed by atoms with Gasteiger partial charge < -0.3 is 9.80 Å². The molecule has 1 atom stereocenters.